The van der Waals surface area contributed by atoms with Crippen LogP contribution >= 0.6 is 0 Å². The molecule has 220 valence electrons. The summed E-state index contributed by atoms with van der Waals surface area (Å²) >= 11 is 0. The fourth-order valence-electron chi connectivity index (χ4n) is 8.58. The van der Waals surface area contributed by atoms with Crippen molar-refractivity contribution in [3.05, 3.63) is 170 Å². The van der Waals surface area contributed by atoms with Crippen LogP contribution in [0.3, 0.4) is 0 Å². The summed E-state index contributed by atoms with van der Waals surface area (Å²) in [4.78, 5) is 0. The highest BCUT2D eigenvalue weighted by molar-refractivity contribution is 6.28. The highest BCUT2D eigenvalue weighted by Gasteiger charge is 2.26. The molecule has 0 bridgehead atoms. The highest BCUT2D eigenvalue weighted by atomic mass is 14.3. The molecule has 0 saturated carbocycles. The van der Waals surface area contributed by atoms with Crippen molar-refractivity contribution in [1.82, 2.24) is 0 Å². The lowest BCUT2D eigenvalue weighted by Crippen LogP contribution is -1.92. The first kappa shape index (κ1) is 25.9. The van der Waals surface area contributed by atoms with Gasteiger partial charge in [0.1, 0.15) is 0 Å². The van der Waals surface area contributed by atoms with E-state index in [2.05, 4.69) is 170 Å². The van der Waals surface area contributed by atoms with Crippen molar-refractivity contribution in [2.75, 3.05) is 0 Å². The van der Waals surface area contributed by atoms with Crippen molar-refractivity contribution in [3.63, 3.8) is 0 Å². The van der Waals surface area contributed by atoms with Crippen molar-refractivity contribution >= 4 is 64.6 Å². The second kappa shape index (κ2) is 9.64. The van der Waals surface area contributed by atoms with Crippen molar-refractivity contribution in [2.45, 2.75) is 0 Å². The van der Waals surface area contributed by atoms with Crippen molar-refractivity contribution in [3.8, 4) is 44.5 Å². The van der Waals surface area contributed by atoms with E-state index < -0.39 is 0 Å². The van der Waals surface area contributed by atoms with Crippen LogP contribution in [-0.4, -0.2) is 0 Å². The van der Waals surface area contributed by atoms with Gasteiger partial charge in [-0.05, 0) is 139 Å². The molecule has 0 atom stereocenters. The van der Waals surface area contributed by atoms with Gasteiger partial charge >= 0.3 is 0 Å². The van der Waals surface area contributed by atoms with Crippen LogP contribution in [0.2, 0.25) is 0 Å². The molecule has 0 heteroatoms. The van der Waals surface area contributed by atoms with Crippen molar-refractivity contribution < 1.29 is 0 Å². The second-order valence-electron chi connectivity index (χ2n) is 13.2. The Kier molecular flexibility index (Phi) is 5.20. The standard InChI is InChI=1S/C48H28/c1-3-12-31-24-34(22-20-29(31)10-1)46-38-16-7-8-17-39(38)47(35-23-21-30-11-2-4-13-32(30)25-35)45-28-42-41(27-44(45)46)40-19-9-18-37-36-15-6-5-14-33(36)26-43(42)48(37)40/h1-28H. The van der Waals surface area contributed by atoms with Gasteiger partial charge in [0.15, 0.2) is 0 Å². The first-order valence-electron chi connectivity index (χ1n) is 16.8. The second-order valence-corrected chi connectivity index (χ2v) is 13.2. The van der Waals surface area contributed by atoms with Crippen LogP contribution in [0, 0.1) is 0 Å². The van der Waals surface area contributed by atoms with E-state index in [0.717, 1.165) is 0 Å². The van der Waals surface area contributed by atoms with E-state index in [9.17, 15) is 0 Å². The predicted molar refractivity (Wildman–Crippen MR) is 207 cm³/mol. The van der Waals surface area contributed by atoms with E-state index in [1.165, 1.54) is 109 Å². The summed E-state index contributed by atoms with van der Waals surface area (Å²) in [6, 6.07) is 63.5. The van der Waals surface area contributed by atoms with Gasteiger partial charge in [-0.25, -0.2) is 0 Å². The number of hydrogen-bond acceptors (Lipinski definition) is 0. The SMILES string of the molecule is c1ccc2cc(-c3c4ccccc4c(-c4ccc5ccccc5c4)c4cc5c(cc34)-c3cccc4c3c-5cc3ccccc34)ccc2c1. The van der Waals surface area contributed by atoms with Crippen LogP contribution in [0.15, 0.2) is 170 Å². The van der Waals surface area contributed by atoms with Gasteiger partial charge in [0.05, 0.1) is 0 Å². The summed E-state index contributed by atoms with van der Waals surface area (Å²) < 4.78 is 0. The lowest BCUT2D eigenvalue weighted by molar-refractivity contribution is 1.68. The largest absolute Gasteiger partial charge is 0.0616 e. The molecule has 0 aliphatic heterocycles. The Morgan fingerprint density at radius 3 is 1.31 bits per heavy atom. The Bertz CT molecular complexity index is 3000. The molecule has 48 heavy (non-hydrogen) atoms. The Labute approximate surface area is 278 Å². The molecule has 0 amide bonds. The molecule has 1 aliphatic carbocycles. The minimum absolute atomic E-state index is 1.25. The van der Waals surface area contributed by atoms with E-state index in [-0.39, 0.29) is 0 Å². The van der Waals surface area contributed by atoms with Crippen LogP contribution in [0.25, 0.3) is 109 Å². The molecule has 0 saturated heterocycles. The fraction of sp³-hybridized carbons (Fsp3) is 0. The highest BCUT2D eigenvalue weighted by Crippen LogP contribution is 2.53. The minimum atomic E-state index is 1.25. The van der Waals surface area contributed by atoms with Gasteiger partial charge in [-0.1, -0.05) is 140 Å². The molecule has 0 spiro atoms. The molecule has 0 unspecified atom stereocenters. The monoisotopic (exact) mass is 604 g/mol. The number of fused-ring (bicyclic) bond motifs is 9. The third kappa shape index (κ3) is 3.55. The molecule has 0 radical (unpaired) electrons. The Hall–Kier alpha value is -6.24. The number of hydrogen-bond donors (Lipinski definition) is 0. The quantitative estimate of drug-likeness (QED) is 0.136. The van der Waals surface area contributed by atoms with Gasteiger partial charge in [0.2, 0.25) is 0 Å². The summed E-state index contributed by atoms with van der Waals surface area (Å²) in [6.45, 7) is 0. The van der Waals surface area contributed by atoms with Crippen LogP contribution < -0.4 is 0 Å². The lowest BCUT2D eigenvalue weighted by atomic mass is 9.83. The number of benzene rings is 10. The van der Waals surface area contributed by atoms with E-state index in [1.807, 2.05) is 0 Å². The lowest BCUT2D eigenvalue weighted by Gasteiger charge is -2.20. The first-order chi connectivity index (χ1) is 23.8. The normalized spacial score (nSPS) is 12.2. The zero-order valence-corrected chi connectivity index (χ0v) is 26.2. The molecule has 1 aliphatic rings. The molecule has 11 rings (SSSR count). The molecule has 0 heterocycles. The molecule has 10 aromatic rings. The molecule has 0 fully saturated rings. The summed E-state index contributed by atoms with van der Waals surface area (Å²) in [5, 5.41) is 15.5. The number of rotatable bonds is 2. The van der Waals surface area contributed by atoms with Crippen LogP contribution in [0.5, 0.6) is 0 Å². The maximum absolute atomic E-state index is 2.51. The van der Waals surface area contributed by atoms with Crippen molar-refractivity contribution in [2.24, 2.45) is 0 Å². The van der Waals surface area contributed by atoms with E-state index >= 15 is 0 Å². The first-order valence-corrected chi connectivity index (χ1v) is 16.8. The summed E-state index contributed by atoms with van der Waals surface area (Å²) in [6.07, 6.45) is 0. The van der Waals surface area contributed by atoms with Gasteiger partial charge in [0, 0.05) is 0 Å². The maximum atomic E-state index is 2.51. The Morgan fingerprint density at radius 2 is 0.708 bits per heavy atom. The predicted octanol–water partition coefficient (Wildman–Crippen LogP) is 13.6. The average molecular weight is 605 g/mol. The Morgan fingerprint density at radius 1 is 0.229 bits per heavy atom. The maximum Gasteiger partial charge on any atom is -0.00199 e. The van der Waals surface area contributed by atoms with Gasteiger partial charge in [-0.3, -0.25) is 0 Å². The average Bonchev–Trinajstić information content (AvgIpc) is 3.45. The van der Waals surface area contributed by atoms with E-state index in [4.69, 9.17) is 0 Å². The topological polar surface area (TPSA) is 0 Å². The molecule has 10 aromatic carbocycles. The molecule has 0 nitrogen and oxygen atoms in total. The third-order valence-electron chi connectivity index (χ3n) is 10.7. The van der Waals surface area contributed by atoms with Crippen LogP contribution in [0.4, 0.5) is 0 Å². The smallest absolute Gasteiger partial charge is 0.00199 e. The van der Waals surface area contributed by atoms with Gasteiger partial charge in [0.25, 0.3) is 0 Å². The summed E-state index contributed by atoms with van der Waals surface area (Å²) in [5.41, 5.74) is 10.4. The van der Waals surface area contributed by atoms with Gasteiger partial charge in [-0.2, -0.15) is 0 Å². The van der Waals surface area contributed by atoms with Gasteiger partial charge in [-0.15, -0.1) is 0 Å². The van der Waals surface area contributed by atoms with E-state index in [0.29, 0.717) is 0 Å². The third-order valence-corrected chi connectivity index (χ3v) is 10.7. The summed E-state index contributed by atoms with van der Waals surface area (Å²) in [5.74, 6) is 0. The van der Waals surface area contributed by atoms with Crippen LogP contribution in [0.1, 0.15) is 0 Å². The molecule has 0 N–H and O–H groups in total. The molecular weight excluding hydrogens is 577 g/mol. The molecular formula is C48H28. The Balaban J connectivity index is 1.33. The zero-order valence-electron chi connectivity index (χ0n) is 26.2. The fourth-order valence-corrected chi connectivity index (χ4v) is 8.58. The minimum Gasteiger partial charge on any atom is -0.0616 e. The summed E-state index contributed by atoms with van der Waals surface area (Å²) in [7, 11) is 0. The zero-order chi connectivity index (χ0) is 31.3. The van der Waals surface area contributed by atoms with E-state index in [1.54, 1.807) is 0 Å². The molecule has 0 aromatic heterocycles. The van der Waals surface area contributed by atoms with Crippen LogP contribution in [-0.2, 0) is 0 Å². The van der Waals surface area contributed by atoms with Gasteiger partial charge < -0.3 is 0 Å². The van der Waals surface area contributed by atoms with Crippen molar-refractivity contribution in [1.29, 1.82) is 0 Å².